The lowest BCUT2D eigenvalue weighted by Gasteiger charge is -2.29. The van der Waals surface area contributed by atoms with Crippen molar-refractivity contribution in [2.45, 2.75) is 31.5 Å². The van der Waals surface area contributed by atoms with Gasteiger partial charge in [-0.25, -0.2) is 0 Å². The van der Waals surface area contributed by atoms with Crippen LogP contribution < -0.4 is 4.90 Å². The molecule has 0 spiro atoms. The molecule has 1 aliphatic carbocycles. The minimum atomic E-state index is -0.596. The summed E-state index contributed by atoms with van der Waals surface area (Å²) in [5.41, 5.74) is 3.62. The van der Waals surface area contributed by atoms with E-state index in [2.05, 4.69) is 24.3 Å². The maximum Gasteiger partial charge on any atom is 0.0948 e. The Bertz CT molecular complexity index is 647. The highest BCUT2D eigenvalue weighted by Gasteiger charge is 2.22. The topological polar surface area (TPSA) is 52.9 Å². The van der Waals surface area contributed by atoms with Crippen molar-refractivity contribution in [3.8, 4) is 0 Å². The molecule has 0 fully saturated rings. The van der Waals surface area contributed by atoms with Gasteiger partial charge in [-0.3, -0.25) is 0 Å². The number of rotatable bonds is 8. The number of aliphatic hydroxyl groups excluding tert-OH is 2. The molecule has 1 aliphatic rings. The Labute approximate surface area is 149 Å². The molecule has 3 rings (SSSR count). The van der Waals surface area contributed by atoms with E-state index < -0.39 is 6.10 Å². The number of benzene rings is 2. The van der Waals surface area contributed by atoms with E-state index in [9.17, 15) is 10.2 Å². The minimum absolute atomic E-state index is 0.0540. The van der Waals surface area contributed by atoms with Crippen LogP contribution in [0.15, 0.2) is 54.6 Å². The molecule has 0 radical (unpaired) electrons. The number of aliphatic hydroxyl groups is 2. The van der Waals surface area contributed by atoms with Gasteiger partial charge in [0.15, 0.2) is 0 Å². The summed E-state index contributed by atoms with van der Waals surface area (Å²) in [6.45, 7) is 1.29. The van der Waals surface area contributed by atoms with Crippen molar-refractivity contribution in [1.29, 1.82) is 0 Å². The largest absolute Gasteiger partial charge is 0.395 e. The number of nitrogens with zero attached hydrogens (tertiary/aromatic N) is 1. The van der Waals surface area contributed by atoms with Gasteiger partial charge in [-0.15, -0.1) is 0 Å². The lowest BCUT2D eigenvalue weighted by atomic mass is 9.89. The summed E-state index contributed by atoms with van der Waals surface area (Å²) in [5.74, 6) is 0. The van der Waals surface area contributed by atoms with Crippen molar-refractivity contribution in [3.05, 3.63) is 65.7 Å². The highest BCUT2D eigenvalue weighted by Crippen LogP contribution is 2.32. The van der Waals surface area contributed by atoms with Crippen molar-refractivity contribution >= 4 is 5.69 Å². The lowest BCUT2D eigenvalue weighted by molar-refractivity contribution is -0.0148. The molecule has 25 heavy (non-hydrogen) atoms. The Hall–Kier alpha value is -1.88. The first kappa shape index (κ1) is 17.9. The third-order valence-corrected chi connectivity index (χ3v) is 4.73. The van der Waals surface area contributed by atoms with Gasteiger partial charge in [-0.2, -0.15) is 0 Å². The van der Waals surface area contributed by atoms with Gasteiger partial charge in [0.05, 0.1) is 25.4 Å². The molecule has 0 bridgehead atoms. The van der Waals surface area contributed by atoms with E-state index in [1.165, 1.54) is 11.1 Å². The molecule has 0 aliphatic heterocycles. The molecule has 0 amide bonds. The van der Waals surface area contributed by atoms with Gasteiger partial charge in [-0.1, -0.05) is 42.5 Å². The first-order valence-corrected chi connectivity index (χ1v) is 9.06. The summed E-state index contributed by atoms with van der Waals surface area (Å²) in [6.07, 6.45) is 2.71. The first-order chi connectivity index (χ1) is 12.3. The fourth-order valence-electron chi connectivity index (χ4n) is 3.50. The van der Waals surface area contributed by atoms with Gasteiger partial charge < -0.3 is 19.8 Å². The van der Waals surface area contributed by atoms with Crippen molar-refractivity contribution in [3.63, 3.8) is 0 Å². The van der Waals surface area contributed by atoms with Crippen LogP contribution in [0.1, 0.15) is 30.1 Å². The Morgan fingerprint density at radius 2 is 1.84 bits per heavy atom. The highest BCUT2D eigenvalue weighted by atomic mass is 16.5. The molecule has 2 aromatic carbocycles. The van der Waals surface area contributed by atoms with E-state index in [0.717, 1.165) is 24.9 Å². The van der Waals surface area contributed by atoms with Gasteiger partial charge in [0, 0.05) is 18.8 Å². The fourth-order valence-corrected chi connectivity index (χ4v) is 3.50. The van der Waals surface area contributed by atoms with Crippen molar-refractivity contribution < 1.29 is 14.9 Å². The number of fused-ring (bicyclic) bond motifs is 1. The van der Waals surface area contributed by atoms with Crippen LogP contribution in [0, 0.1) is 0 Å². The maximum absolute atomic E-state index is 10.4. The molecule has 2 N–H and O–H groups in total. The zero-order valence-electron chi connectivity index (χ0n) is 14.6. The van der Waals surface area contributed by atoms with Crippen LogP contribution in [0.2, 0.25) is 0 Å². The second-order valence-corrected chi connectivity index (χ2v) is 6.57. The summed E-state index contributed by atoms with van der Waals surface area (Å²) < 4.78 is 6.05. The SMILES string of the molecule is OCCN(CC(O)COC1CCCc2ccccc21)c1ccccc1. The van der Waals surface area contributed by atoms with Crippen LogP contribution in [0.5, 0.6) is 0 Å². The maximum atomic E-state index is 10.4. The highest BCUT2D eigenvalue weighted by molar-refractivity contribution is 5.46. The normalized spacial score (nSPS) is 17.8. The average Bonchev–Trinajstić information content (AvgIpc) is 2.66. The Morgan fingerprint density at radius 1 is 1.08 bits per heavy atom. The molecule has 4 heteroatoms. The van der Waals surface area contributed by atoms with Crippen LogP contribution >= 0.6 is 0 Å². The number of anilines is 1. The molecular weight excluding hydrogens is 314 g/mol. The van der Waals surface area contributed by atoms with Gasteiger partial charge in [-0.05, 0) is 42.5 Å². The molecule has 134 valence electrons. The fraction of sp³-hybridized carbons (Fsp3) is 0.429. The third-order valence-electron chi connectivity index (χ3n) is 4.73. The summed E-state index contributed by atoms with van der Waals surface area (Å²) in [5, 5.41) is 19.7. The summed E-state index contributed by atoms with van der Waals surface area (Å²) >= 11 is 0. The van der Waals surface area contributed by atoms with Crippen LogP contribution in [-0.4, -0.2) is 42.6 Å². The van der Waals surface area contributed by atoms with Gasteiger partial charge in [0.2, 0.25) is 0 Å². The molecule has 2 aromatic rings. The van der Waals surface area contributed by atoms with E-state index in [1.807, 2.05) is 35.2 Å². The van der Waals surface area contributed by atoms with E-state index in [1.54, 1.807) is 0 Å². The predicted molar refractivity (Wildman–Crippen MR) is 99.8 cm³/mol. The van der Waals surface area contributed by atoms with E-state index in [4.69, 9.17) is 4.74 Å². The number of hydrogen-bond donors (Lipinski definition) is 2. The lowest BCUT2D eigenvalue weighted by Crippen LogP contribution is -2.37. The van der Waals surface area contributed by atoms with Gasteiger partial charge in [0.25, 0.3) is 0 Å². The van der Waals surface area contributed by atoms with E-state index >= 15 is 0 Å². The molecule has 0 saturated carbocycles. The van der Waals surface area contributed by atoms with E-state index in [0.29, 0.717) is 19.7 Å². The Kier molecular flexibility index (Phi) is 6.45. The molecule has 2 atom stereocenters. The Morgan fingerprint density at radius 3 is 2.64 bits per heavy atom. The third kappa shape index (κ3) is 4.82. The standard InChI is InChI=1S/C21H27NO3/c23-14-13-22(18-9-2-1-3-10-18)15-19(24)16-25-21-12-6-8-17-7-4-5-11-20(17)21/h1-5,7,9-11,19,21,23-24H,6,8,12-16H2. The van der Waals surface area contributed by atoms with Crippen LogP contribution in [-0.2, 0) is 11.2 Å². The zero-order chi connectivity index (χ0) is 17.5. The molecule has 0 saturated heterocycles. The minimum Gasteiger partial charge on any atom is -0.395 e. The second kappa shape index (κ2) is 8.99. The number of aryl methyl sites for hydroxylation is 1. The van der Waals surface area contributed by atoms with Crippen LogP contribution in [0.3, 0.4) is 0 Å². The van der Waals surface area contributed by atoms with Crippen LogP contribution in [0.4, 0.5) is 5.69 Å². The number of hydrogen-bond acceptors (Lipinski definition) is 4. The summed E-state index contributed by atoms with van der Waals surface area (Å²) in [7, 11) is 0. The molecule has 0 aromatic heterocycles. The first-order valence-electron chi connectivity index (χ1n) is 9.06. The summed E-state index contributed by atoms with van der Waals surface area (Å²) in [6, 6.07) is 18.3. The smallest absolute Gasteiger partial charge is 0.0948 e. The van der Waals surface area contributed by atoms with Crippen molar-refractivity contribution in [2.75, 3.05) is 31.2 Å². The van der Waals surface area contributed by atoms with E-state index in [-0.39, 0.29) is 12.7 Å². The van der Waals surface area contributed by atoms with Crippen molar-refractivity contribution in [2.24, 2.45) is 0 Å². The predicted octanol–water partition coefficient (Wildman–Crippen LogP) is 2.94. The van der Waals surface area contributed by atoms with Crippen molar-refractivity contribution in [1.82, 2.24) is 0 Å². The molecule has 0 heterocycles. The van der Waals surface area contributed by atoms with Gasteiger partial charge >= 0.3 is 0 Å². The Balaban J connectivity index is 1.56. The number of ether oxygens (including phenoxy) is 1. The quantitative estimate of drug-likeness (QED) is 0.775. The molecular formula is C21H27NO3. The zero-order valence-corrected chi connectivity index (χ0v) is 14.6. The van der Waals surface area contributed by atoms with Gasteiger partial charge in [0.1, 0.15) is 0 Å². The average molecular weight is 341 g/mol. The second-order valence-electron chi connectivity index (χ2n) is 6.57. The van der Waals surface area contributed by atoms with Crippen LogP contribution in [0.25, 0.3) is 0 Å². The summed E-state index contributed by atoms with van der Waals surface area (Å²) in [4.78, 5) is 1.99. The number of para-hydroxylation sites is 1. The monoisotopic (exact) mass is 341 g/mol. The molecule has 4 nitrogen and oxygen atoms in total. The molecule has 2 unspecified atom stereocenters.